The first-order valence-corrected chi connectivity index (χ1v) is 10.8. The van der Waals surface area contributed by atoms with E-state index in [1.54, 1.807) is 0 Å². The molecule has 0 radical (unpaired) electrons. The third kappa shape index (κ3) is 4.61. The van der Waals surface area contributed by atoms with E-state index in [0.29, 0.717) is 0 Å². The van der Waals surface area contributed by atoms with E-state index in [4.69, 9.17) is 0 Å². The maximum Gasteiger partial charge on any atom is 0.255 e. The average Bonchev–Trinajstić information content (AvgIpc) is 3.44. The van der Waals surface area contributed by atoms with Crippen LogP contribution in [0.25, 0.3) is 0 Å². The van der Waals surface area contributed by atoms with Crippen molar-refractivity contribution in [2.24, 2.45) is 0 Å². The second-order valence-electron chi connectivity index (χ2n) is 7.24. The summed E-state index contributed by atoms with van der Waals surface area (Å²) in [4.78, 5) is 0. The Bertz CT molecular complexity index is 748. The van der Waals surface area contributed by atoms with Gasteiger partial charge in [0.2, 0.25) is 0 Å². The first-order valence-electron chi connectivity index (χ1n) is 10.8. The van der Waals surface area contributed by atoms with E-state index in [1.807, 2.05) is 0 Å². The summed E-state index contributed by atoms with van der Waals surface area (Å²) in [5.41, 5.74) is 11.1. The molecule has 0 saturated carbocycles. The van der Waals surface area contributed by atoms with Gasteiger partial charge in [0.1, 0.15) is 0 Å². The van der Waals surface area contributed by atoms with E-state index in [-0.39, 0.29) is 39.5 Å². The number of nitrogens with one attached hydrogen (secondary N) is 3. The third-order valence-electron chi connectivity index (χ3n) is 5.82. The molecule has 6 nitrogen and oxygen atoms in total. The standard InChI is InChI=1S/C21H33BN6.ClH.Pd/c1-7-13-19(14(8-2)24-23-13)22(20-15(9-3)25-26-16(20)10-4)21-17(11-5)27-28-18(21)12-6;;/h7-12H2,1-6H3,(H,23,24)(H,25,26)(H,27,28);1H;. The number of aryl methyl sites for hydroxylation is 6. The Morgan fingerprint density at radius 2 is 0.800 bits per heavy atom. The van der Waals surface area contributed by atoms with Crippen molar-refractivity contribution in [1.29, 1.82) is 0 Å². The van der Waals surface area contributed by atoms with Gasteiger partial charge < -0.3 is 0 Å². The molecular weight excluding hydrogens is 489 g/mol. The van der Waals surface area contributed by atoms with Crippen LogP contribution >= 0.6 is 12.4 Å². The Morgan fingerprint density at radius 1 is 0.533 bits per heavy atom. The van der Waals surface area contributed by atoms with E-state index in [0.717, 1.165) is 55.6 Å². The first-order chi connectivity index (χ1) is 13.6. The fraction of sp³-hybridized carbons (Fsp3) is 0.571. The van der Waals surface area contributed by atoms with Crippen LogP contribution in [0.1, 0.15) is 75.7 Å². The van der Waals surface area contributed by atoms with Gasteiger partial charge in [-0.15, -0.1) is 12.4 Å². The minimum atomic E-state index is 0. The molecule has 3 aromatic heterocycles. The van der Waals surface area contributed by atoms with E-state index in [1.165, 1.54) is 33.5 Å². The quantitative estimate of drug-likeness (QED) is 0.376. The molecule has 0 aliphatic rings. The molecule has 3 heterocycles. The Hall–Kier alpha value is -1.35. The van der Waals surface area contributed by atoms with Gasteiger partial charge in [-0.3, -0.25) is 15.3 Å². The van der Waals surface area contributed by atoms with Gasteiger partial charge >= 0.3 is 0 Å². The summed E-state index contributed by atoms with van der Waals surface area (Å²) in [7, 11) is 0. The molecule has 3 N–H and O–H groups in total. The molecule has 0 aromatic carbocycles. The second-order valence-corrected chi connectivity index (χ2v) is 7.24. The molecular formula is C21H34BClN6Pd. The van der Waals surface area contributed by atoms with Crippen LogP contribution in [0.2, 0.25) is 0 Å². The van der Waals surface area contributed by atoms with Gasteiger partial charge in [0.15, 0.2) is 0 Å². The van der Waals surface area contributed by atoms with Crippen LogP contribution in [-0.4, -0.2) is 37.3 Å². The second kappa shape index (κ2) is 11.9. The van der Waals surface area contributed by atoms with Crippen molar-refractivity contribution in [2.75, 3.05) is 0 Å². The maximum atomic E-state index is 4.68. The van der Waals surface area contributed by atoms with Crippen molar-refractivity contribution in [3.63, 3.8) is 0 Å². The van der Waals surface area contributed by atoms with Crippen molar-refractivity contribution in [3.05, 3.63) is 34.2 Å². The number of aromatic amines is 3. The summed E-state index contributed by atoms with van der Waals surface area (Å²) in [6.45, 7) is 13.2. The average molecular weight is 523 g/mol. The van der Waals surface area contributed by atoms with E-state index in [9.17, 15) is 0 Å². The molecule has 0 atom stereocenters. The van der Waals surface area contributed by atoms with Crippen molar-refractivity contribution >= 4 is 35.5 Å². The topological polar surface area (TPSA) is 86.0 Å². The Morgan fingerprint density at radius 3 is 1.00 bits per heavy atom. The molecule has 0 saturated heterocycles. The monoisotopic (exact) mass is 522 g/mol. The van der Waals surface area contributed by atoms with Crippen molar-refractivity contribution in [3.8, 4) is 0 Å². The van der Waals surface area contributed by atoms with E-state index in [2.05, 4.69) is 72.1 Å². The van der Waals surface area contributed by atoms with E-state index < -0.39 is 0 Å². The Labute approximate surface area is 200 Å². The molecule has 0 aliphatic heterocycles. The number of halogens is 1. The molecule has 9 heteroatoms. The number of aromatic nitrogens is 6. The minimum Gasteiger partial charge on any atom is -0.283 e. The fourth-order valence-electron chi connectivity index (χ4n) is 4.36. The van der Waals surface area contributed by atoms with Gasteiger partial charge in [0, 0.05) is 37.5 Å². The van der Waals surface area contributed by atoms with Crippen LogP contribution in [0.5, 0.6) is 0 Å². The molecule has 3 aromatic rings. The normalized spacial score (nSPS) is 10.6. The molecule has 0 unspecified atom stereocenters. The third-order valence-corrected chi connectivity index (χ3v) is 5.82. The summed E-state index contributed by atoms with van der Waals surface area (Å²) in [6, 6.07) is 0. The molecule has 30 heavy (non-hydrogen) atoms. The summed E-state index contributed by atoms with van der Waals surface area (Å²) in [6.07, 6.45) is 5.51. The zero-order valence-corrected chi connectivity index (χ0v) is 21.3. The summed E-state index contributed by atoms with van der Waals surface area (Å²) in [5.74, 6) is 0. The van der Waals surface area contributed by atoms with Crippen LogP contribution in [0.4, 0.5) is 0 Å². The van der Waals surface area contributed by atoms with Crippen LogP contribution in [0, 0.1) is 0 Å². The van der Waals surface area contributed by atoms with Gasteiger partial charge in [-0.1, -0.05) is 41.5 Å². The Balaban J connectivity index is 0.00000225. The van der Waals surface area contributed by atoms with Crippen molar-refractivity contribution in [1.82, 2.24) is 30.6 Å². The summed E-state index contributed by atoms with van der Waals surface area (Å²) >= 11 is 0. The van der Waals surface area contributed by atoms with Crippen molar-refractivity contribution in [2.45, 2.75) is 80.1 Å². The molecule has 0 spiro atoms. The van der Waals surface area contributed by atoms with Gasteiger partial charge in [0.25, 0.3) is 6.71 Å². The predicted octanol–water partition coefficient (Wildman–Crippen LogP) is 2.17. The SMILES string of the molecule is CCc1n[nH]c(CC)c1B(c1c(CC)n[nH]c1CC)c1c(CC)n[nH]c1CC.Cl.[Pd]. The zero-order chi connectivity index (χ0) is 20.3. The summed E-state index contributed by atoms with van der Waals surface area (Å²) < 4.78 is 0. The van der Waals surface area contributed by atoms with Gasteiger partial charge in [-0.2, -0.15) is 15.3 Å². The summed E-state index contributed by atoms with van der Waals surface area (Å²) in [5, 5.41) is 24.0. The molecule has 0 amide bonds. The van der Waals surface area contributed by atoms with Crippen LogP contribution in [0.15, 0.2) is 0 Å². The predicted molar refractivity (Wildman–Crippen MR) is 124 cm³/mol. The number of hydrogen-bond donors (Lipinski definition) is 3. The van der Waals surface area contributed by atoms with Gasteiger partial charge in [-0.05, 0) is 54.9 Å². The van der Waals surface area contributed by atoms with Crippen LogP contribution in [0.3, 0.4) is 0 Å². The van der Waals surface area contributed by atoms with Crippen LogP contribution < -0.4 is 16.4 Å². The first kappa shape index (κ1) is 26.7. The maximum absolute atomic E-state index is 4.68. The number of nitrogens with zero attached hydrogens (tertiary/aromatic N) is 3. The molecule has 0 aliphatic carbocycles. The van der Waals surface area contributed by atoms with Gasteiger partial charge in [-0.25, -0.2) is 0 Å². The largest absolute Gasteiger partial charge is 0.283 e. The minimum absolute atomic E-state index is 0. The van der Waals surface area contributed by atoms with E-state index >= 15 is 0 Å². The number of hydrogen-bond acceptors (Lipinski definition) is 3. The number of rotatable bonds is 9. The Kier molecular flexibility index (Phi) is 10.6. The molecule has 0 fully saturated rings. The van der Waals surface area contributed by atoms with Crippen molar-refractivity contribution < 1.29 is 20.4 Å². The molecule has 168 valence electrons. The number of H-pyrrole nitrogens is 3. The van der Waals surface area contributed by atoms with Crippen LogP contribution in [-0.2, 0) is 58.9 Å². The molecule has 0 bridgehead atoms. The van der Waals surface area contributed by atoms with Gasteiger partial charge in [0.05, 0.1) is 17.1 Å². The fourth-order valence-corrected chi connectivity index (χ4v) is 4.36. The zero-order valence-electron chi connectivity index (χ0n) is 18.9. The smallest absolute Gasteiger partial charge is 0.255 e. The molecule has 3 rings (SSSR count).